The van der Waals surface area contributed by atoms with E-state index in [2.05, 4.69) is 15.2 Å². The number of benzene rings is 1. The van der Waals surface area contributed by atoms with Gasteiger partial charge in [-0.15, -0.1) is 0 Å². The molecule has 0 spiro atoms. The number of hydrogen-bond acceptors (Lipinski definition) is 10. The Morgan fingerprint density at radius 1 is 0.977 bits per heavy atom. The van der Waals surface area contributed by atoms with Gasteiger partial charge in [-0.25, -0.2) is 24.1 Å². The molecule has 7 rings (SSSR count). The van der Waals surface area contributed by atoms with E-state index in [0.717, 1.165) is 24.2 Å². The van der Waals surface area contributed by atoms with Crippen molar-refractivity contribution in [2.75, 3.05) is 61.6 Å². The van der Waals surface area contributed by atoms with Gasteiger partial charge in [-0.3, -0.25) is 14.5 Å². The van der Waals surface area contributed by atoms with Crippen LogP contribution in [0.2, 0.25) is 0 Å². The number of allylic oxidation sites excluding steroid dienone is 2. The Morgan fingerprint density at radius 3 is 2.59 bits per heavy atom. The summed E-state index contributed by atoms with van der Waals surface area (Å²) in [6, 6.07) is 11.4. The van der Waals surface area contributed by atoms with Gasteiger partial charge >= 0.3 is 6.09 Å². The number of nitrogens with one attached hydrogen (secondary N) is 1. The molecular formula is C30H31N9O5. The number of anilines is 4. The van der Waals surface area contributed by atoms with Gasteiger partial charge in [0.2, 0.25) is 5.95 Å². The third-order valence-electron chi connectivity index (χ3n) is 8.02. The lowest BCUT2D eigenvalue weighted by molar-refractivity contribution is -0.121. The molecule has 6 heterocycles. The number of methoxy groups -OCH3 is 1. The van der Waals surface area contributed by atoms with E-state index in [-0.39, 0.29) is 24.2 Å². The second-order valence-electron chi connectivity index (χ2n) is 10.7. The van der Waals surface area contributed by atoms with Crippen LogP contribution in [0.5, 0.6) is 5.75 Å². The van der Waals surface area contributed by atoms with Crippen LogP contribution >= 0.6 is 0 Å². The number of carbonyl (C=O) groups excluding carboxylic acids is 2. The summed E-state index contributed by atoms with van der Waals surface area (Å²) < 4.78 is 13.7. The Balaban J connectivity index is 1.20. The Kier molecular flexibility index (Phi) is 7.08. The molecule has 0 saturated carbocycles. The van der Waals surface area contributed by atoms with Crippen molar-refractivity contribution in [2.24, 2.45) is 0 Å². The number of ether oxygens (including phenoxy) is 2. The van der Waals surface area contributed by atoms with Crippen molar-refractivity contribution in [3.8, 4) is 11.6 Å². The molecule has 2 bridgehead atoms. The average Bonchev–Trinajstić information content (AvgIpc) is 3.32. The molecule has 14 nitrogen and oxygen atoms in total. The largest absolute Gasteiger partial charge is 0.480 e. The molecule has 3 aromatic heterocycles. The maximum absolute atomic E-state index is 13.5. The van der Waals surface area contributed by atoms with Crippen molar-refractivity contribution in [1.29, 1.82) is 0 Å². The van der Waals surface area contributed by atoms with Gasteiger partial charge in [-0.05, 0) is 49.2 Å². The molecule has 4 aromatic rings. The number of rotatable bonds is 3. The molecule has 0 atom stereocenters. The van der Waals surface area contributed by atoms with Crippen LogP contribution in [-0.2, 0) is 16.1 Å². The van der Waals surface area contributed by atoms with Crippen molar-refractivity contribution in [1.82, 2.24) is 29.2 Å². The fourth-order valence-electron chi connectivity index (χ4n) is 5.72. The van der Waals surface area contributed by atoms with Gasteiger partial charge in [-0.1, -0.05) is 12.2 Å². The zero-order valence-electron chi connectivity index (χ0n) is 24.2. The number of carbonyl (C=O) groups is 2. The van der Waals surface area contributed by atoms with E-state index in [9.17, 15) is 14.4 Å². The predicted octanol–water partition coefficient (Wildman–Crippen LogP) is 2.68. The van der Waals surface area contributed by atoms with Crippen molar-refractivity contribution in [3.63, 3.8) is 0 Å². The van der Waals surface area contributed by atoms with E-state index in [1.165, 1.54) is 13.3 Å². The number of fused-ring (bicyclic) bond motifs is 5. The van der Waals surface area contributed by atoms with Crippen LogP contribution < -0.4 is 25.4 Å². The molecule has 44 heavy (non-hydrogen) atoms. The number of pyridine rings is 1. The first-order valence-electron chi connectivity index (χ1n) is 14.5. The third kappa shape index (κ3) is 4.97. The third-order valence-corrected chi connectivity index (χ3v) is 8.02. The van der Waals surface area contributed by atoms with Gasteiger partial charge in [0.1, 0.15) is 5.39 Å². The van der Waals surface area contributed by atoms with E-state index in [4.69, 9.17) is 19.4 Å². The highest BCUT2D eigenvalue weighted by molar-refractivity contribution is 5.96. The molecule has 1 saturated heterocycles. The van der Waals surface area contributed by atoms with Gasteiger partial charge in [0, 0.05) is 50.3 Å². The first-order chi connectivity index (χ1) is 21.5. The Hall–Kier alpha value is -5.40. The number of hydrogen-bond donors (Lipinski definition) is 1. The average molecular weight is 598 g/mol. The first kappa shape index (κ1) is 27.4. The molecule has 1 fully saturated rings. The fraction of sp³-hybridized carbons (Fsp3) is 0.333. The summed E-state index contributed by atoms with van der Waals surface area (Å²) in [5.74, 6) is 1.56. The quantitative estimate of drug-likeness (QED) is 0.351. The Morgan fingerprint density at radius 2 is 1.80 bits per heavy atom. The van der Waals surface area contributed by atoms with Crippen LogP contribution in [0.3, 0.4) is 0 Å². The minimum absolute atomic E-state index is 0.0315. The molecular weight excluding hydrogens is 566 g/mol. The van der Waals surface area contributed by atoms with Crippen molar-refractivity contribution >= 4 is 46.2 Å². The minimum atomic E-state index is -0.305. The summed E-state index contributed by atoms with van der Waals surface area (Å²) in [6.07, 6.45) is 6.70. The van der Waals surface area contributed by atoms with Crippen LogP contribution in [0.25, 0.3) is 16.9 Å². The maximum atomic E-state index is 13.5. The highest BCUT2D eigenvalue weighted by Crippen LogP contribution is 2.32. The molecule has 226 valence electrons. The van der Waals surface area contributed by atoms with Gasteiger partial charge in [-0.2, -0.15) is 4.98 Å². The zero-order valence-corrected chi connectivity index (χ0v) is 24.2. The monoisotopic (exact) mass is 597 g/mol. The van der Waals surface area contributed by atoms with Gasteiger partial charge in [0.15, 0.2) is 29.6 Å². The lowest BCUT2D eigenvalue weighted by Crippen LogP contribution is -2.48. The maximum Gasteiger partial charge on any atom is 0.409 e. The summed E-state index contributed by atoms with van der Waals surface area (Å²) >= 11 is 0. The van der Waals surface area contributed by atoms with Crippen LogP contribution in [-0.4, -0.2) is 87.7 Å². The molecule has 14 heteroatoms. The van der Waals surface area contributed by atoms with Crippen LogP contribution in [0.4, 0.5) is 27.9 Å². The zero-order chi connectivity index (χ0) is 30.2. The molecule has 0 unspecified atom stereocenters. The van der Waals surface area contributed by atoms with Crippen LogP contribution in [0, 0.1) is 0 Å². The molecule has 1 N–H and O–H groups in total. The molecule has 1 aromatic carbocycles. The van der Waals surface area contributed by atoms with Crippen molar-refractivity contribution < 1.29 is 19.1 Å². The highest BCUT2D eigenvalue weighted by atomic mass is 16.5. The molecule has 0 radical (unpaired) electrons. The number of amides is 2. The summed E-state index contributed by atoms with van der Waals surface area (Å²) in [5, 5.41) is 3.60. The smallest absolute Gasteiger partial charge is 0.409 e. The van der Waals surface area contributed by atoms with Crippen molar-refractivity contribution in [2.45, 2.75) is 19.4 Å². The first-order valence-corrected chi connectivity index (χ1v) is 14.5. The fourth-order valence-corrected chi connectivity index (χ4v) is 5.72. The van der Waals surface area contributed by atoms with E-state index in [0.29, 0.717) is 73.6 Å². The van der Waals surface area contributed by atoms with E-state index < -0.39 is 0 Å². The summed E-state index contributed by atoms with van der Waals surface area (Å²) in [4.78, 5) is 57.6. The second-order valence-corrected chi connectivity index (χ2v) is 10.7. The van der Waals surface area contributed by atoms with Gasteiger partial charge in [0.25, 0.3) is 11.5 Å². The normalized spacial score (nSPS) is 17.3. The summed E-state index contributed by atoms with van der Waals surface area (Å²) in [5.41, 5.74) is 1.96. The standard InChI is InChI=1S/C30H31N9O5/c1-43-30(42)36-16-14-35(15-17-36)21-8-6-20(7-9-21)32-29-31-18-22-26(34-29)39-24-11-10-23-27(33-24)37(25(40)19-44-23)12-4-2-3-5-13-38(39)28(22)41/h3,5-11,18H,2,4,12-17,19H2,1H3,(H,31,32,34)/b5-3-. The SMILES string of the molecule is COC(=O)N1CCN(c2ccc(Nc3ncc4c(=O)n5n(c4n3)-c3ccc4c(n3)N(CCC/C=C\C5)C(=O)CO4)cc2)CC1. The van der Waals surface area contributed by atoms with E-state index >= 15 is 0 Å². The molecule has 3 aliphatic heterocycles. The summed E-state index contributed by atoms with van der Waals surface area (Å²) in [7, 11) is 1.39. The minimum Gasteiger partial charge on any atom is -0.480 e. The number of nitrogens with zero attached hydrogens (tertiary/aromatic N) is 8. The lowest BCUT2D eigenvalue weighted by atomic mass is 10.2. The summed E-state index contributed by atoms with van der Waals surface area (Å²) in [6.45, 7) is 3.42. The van der Waals surface area contributed by atoms with Gasteiger partial charge < -0.3 is 24.6 Å². The lowest BCUT2D eigenvalue weighted by Gasteiger charge is -2.35. The Labute approximate surface area is 252 Å². The van der Waals surface area contributed by atoms with Crippen molar-refractivity contribution in [3.05, 3.63) is 65.1 Å². The predicted molar refractivity (Wildman–Crippen MR) is 163 cm³/mol. The molecule has 2 amide bonds. The van der Waals surface area contributed by atoms with E-state index in [1.807, 2.05) is 36.4 Å². The topological polar surface area (TPSA) is 140 Å². The van der Waals surface area contributed by atoms with Crippen LogP contribution in [0.1, 0.15) is 12.8 Å². The van der Waals surface area contributed by atoms with Crippen LogP contribution in [0.15, 0.2) is 59.5 Å². The Bertz CT molecular complexity index is 1820. The molecule has 0 aliphatic carbocycles. The van der Waals surface area contributed by atoms with E-state index in [1.54, 1.807) is 31.3 Å². The van der Waals surface area contributed by atoms with Gasteiger partial charge in [0.05, 0.1) is 13.7 Å². The second kappa shape index (κ2) is 11.4. The molecule has 3 aliphatic rings. The number of aromatic nitrogens is 5. The number of piperazine rings is 1. The highest BCUT2D eigenvalue weighted by Gasteiger charge is 2.28.